The van der Waals surface area contributed by atoms with Gasteiger partial charge < -0.3 is 18.9 Å². The molecule has 0 aromatic carbocycles. The molecule has 0 saturated carbocycles. The summed E-state index contributed by atoms with van der Waals surface area (Å²) in [5.74, 6) is 0. The van der Waals surface area contributed by atoms with E-state index in [9.17, 15) is 0 Å². The van der Waals surface area contributed by atoms with Crippen molar-refractivity contribution < 1.29 is 18.9 Å². The zero-order valence-electron chi connectivity index (χ0n) is 11.5. The second-order valence-electron chi connectivity index (χ2n) is 3.93. The maximum absolute atomic E-state index is 5.56. The molecule has 4 nitrogen and oxygen atoms in total. The van der Waals surface area contributed by atoms with Crippen molar-refractivity contribution in [3.63, 3.8) is 0 Å². The van der Waals surface area contributed by atoms with Gasteiger partial charge in [-0.3, -0.25) is 0 Å². The first-order valence-electron chi connectivity index (χ1n) is 6.40. The number of methoxy groups -OCH3 is 1. The molecule has 0 fully saturated rings. The fourth-order valence-electron chi connectivity index (χ4n) is 1.41. The maximum atomic E-state index is 5.56. The van der Waals surface area contributed by atoms with Gasteiger partial charge in [-0.1, -0.05) is 0 Å². The zero-order valence-corrected chi connectivity index (χ0v) is 16.7. The summed E-state index contributed by atoms with van der Waals surface area (Å²) in [5.41, 5.74) is 1.38. The van der Waals surface area contributed by atoms with Gasteiger partial charge in [0.1, 0.15) is 0 Å². The minimum absolute atomic E-state index is 0.605. The van der Waals surface area contributed by atoms with Gasteiger partial charge in [-0.25, -0.2) is 0 Å². The fourth-order valence-corrected chi connectivity index (χ4v) is 5.51. The summed E-state index contributed by atoms with van der Waals surface area (Å²) in [5, 5.41) is 0. The molecule has 0 atom stereocenters. The Morgan fingerprint density at radius 3 is 1.95 bits per heavy atom. The van der Waals surface area contributed by atoms with Gasteiger partial charge >= 0.3 is 0 Å². The van der Waals surface area contributed by atoms with Crippen LogP contribution in [-0.2, 0) is 25.4 Å². The van der Waals surface area contributed by atoms with Crippen molar-refractivity contribution in [2.75, 3.05) is 53.4 Å². The molecule has 7 heteroatoms. The van der Waals surface area contributed by atoms with Crippen LogP contribution in [0.3, 0.4) is 0 Å². The summed E-state index contributed by atoms with van der Waals surface area (Å²) in [4.78, 5) is 0. The summed E-state index contributed by atoms with van der Waals surface area (Å²) < 4.78 is 23.8. The van der Waals surface area contributed by atoms with E-state index in [1.807, 2.05) is 11.3 Å². The van der Waals surface area contributed by atoms with Gasteiger partial charge in [0.25, 0.3) is 0 Å². The Labute approximate surface area is 151 Å². The molecule has 0 aliphatic carbocycles. The third-order valence-electron chi connectivity index (χ3n) is 2.42. The number of rotatable bonds is 12. The molecule has 0 unspecified atom stereocenters. The minimum atomic E-state index is 0.605. The Morgan fingerprint density at radius 2 is 1.45 bits per heavy atom. The average Bonchev–Trinajstić information content (AvgIpc) is 2.74. The molecular weight excluding hydrogens is 506 g/mol. The minimum Gasteiger partial charge on any atom is -0.382 e. The molecule has 0 N–H and O–H groups in total. The molecule has 0 bridgehead atoms. The highest BCUT2D eigenvalue weighted by Gasteiger charge is 2.04. The Kier molecular flexibility index (Phi) is 11.9. The number of ether oxygens (including phenoxy) is 4. The van der Waals surface area contributed by atoms with E-state index in [4.69, 9.17) is 18.9 Å². The largest absolute Gasteiger partial charge is 0.382 e. The smallest absolute Gasteiger partial charge is 0.0701 e. The normalized spacial score (nSPS) is 11.2. The zero-order chi connectivity index (χ0) is 14.6. The predicted octanol–water partition coefficient (Wildman–Crippen LogP) is 3.20. The van der Waals surface area contributed by atoms with Crippen molar-refractivity contribution in [2.24, 2.45) is 0 Å². The topological polar surface area (TPSA) is 36.9 Å². The van der Waals surface area contributed by atoms with Crippen LogP contribution in [0.25, 0.3) is 0 Å². The van der Waals surface area contributed by atoms with Gasteiger partial charge in [0, 0.05) is 7.11 Å². The van der Waals surface area contributed by atoms with Gasteiger partial charge in [0.15, 0.2) is 0 Å². The molecule has 0 aliphatic heterocycles. The molecule has 20 heavy (non-hydrogen) atoms. The highest BCUT2D eigenvalue weighted by molar-refractivity contribution is 14.1. The van der Waals surface area contributed by atoms with Gasteiger partial charge in [-0.15, -0.1) is 11.3 Å². The van der Waals surface area contributed by atoms with Gasteiger partial charge in [-0.2, -0.15) is 0 Å². The predicted molar refractivity (Wildman–Crippen MR) is 97.8 cm³/mol. The first-order valence-corrected chi connectivity index (χ1v) is 9.37. The summed E-state index contributed by atoms with van der Waals surface area (Å²) in [6, 6.07) is 2.23. The Hall–Kier alpha value is 1.000. The molecule has 0 aliphatic rings. The van der Waals surface area contributed by atoms with E-state index in [0.717, 1.165) is 13.0 Å². The lowest BCUT2D eigenvalue weighted by Gasteiger charge is -2.06. The number of thiophene rings is 1. The van der Waals surface area contributed by atoms with Crippen LogP contribution in [-0.4, -0.2) is 53.4 Å². The molecule has 0 amide bonds. The highest BCUT2D eigenvalue weighted by Crippen LogP contribution is 2.25. The van der Waals surface area contributed by atoms with Crippen LogP contribution in [0.4, 0.5) is 0 Å². The van der Waals surface area contributed by atoms with Crippen molar-refractivity contribution >= 4 is 56.5 Å². The van der Waals surface area contributed by atoms with Crippen molar-refractivity contribution in [2.45, 2.75) is 6.42 Å². The van der Waals surface area contributed by atoms with Crippen LogP contribution in [0.15, 0.2) is 6.07 Å². The molecule has 0 saturated heterocycles. The van der Waals surface area contributed by atoms with E-state index in [2.05, 4.69) is 51.2 Å². The molecule has 1 heterocycles. The first kappa shape index (κ1) is 19.0. The van der Waals surface area contributed by atoms with Gasteiger partial charge in [-0.05, 0) is 63.2 Å². The second kappa shape index (κ2) is 12.5. The van der Waals surface area contributed by atoms with E-state index < -0.39 is 0 Å². The monoisotopic (exact) mass is 526 g/mol. The lowest BCUT2D eigenvalue weighted by molar-refractivity contribution is 0.00406. The molecule has 0 spiro atoms. The van der Waals surface area contributed by atoms with E-state index in [-0.39, 0.29) is 0 Å². The maximum Gasteiger partial charge on any atom is 0.0701 e. The molecule has 1 rings (SSSR count). The van der Waals surface area contributed by atoms with E-state index >= 15 is 0 Å². The van der Waals surface area contributed by atoms with E-state index in [1.165, 1.54) is 11.3 Å². The van der Waals surface area contributed by atoms with Crippen molar-refractivity contribution in [1.82, 2.24) is 0 Å². The summed E-state index contributed by atoms with van der Waals surface area (Å²) in [6.45, 7) is 4.46. The van der Waals surface area contributed by atoms with Gasteiger partial charge in [0.2, 0.25) is 0 Å². The van der Waals surface area contributed by atoms with Crippen LogP contribution >= 0.6 is 56.5 Å². The molecule has 0 radical (unpaired) electrons. The molecule has 1 aromatic heterocycles. The second-order valence-corrected chi connectivity index (χ2v) is 8.69. The van der Waals surface area contributed by atoms with E-state index in [0.29, 0.717) is 39.6 Å². The van der Waals surface area contributed by atoms with Gasteiger partial charge in [0.05, 0.1) is 52.0 Å². The van der Waals surface area contributed by atoms with Crippen LogP contribution in [0.2, 0.25) is 0 Å². The quantitative estimate of drug-likeness (QED) is 0.310. The van der Waals surface area contributed by atoms with Crippen molar-refractivity contribution in [1.29, 1.82) is 0 Å². The average molecular weight is 526 g/mol. The number of halogens is 2. The first-order chi connectivity index (χ1) is 9.74. The van der Waals surface area contributed by atoms with Crippen LogP contribution in [0, 0.1) is 5.77 Å². The SMILES string of the molecule is COCCOCCOCCOCCc1cc(I)sc1I. The van der Waals surface area contributed by atoms with Crippen LogP contribution < -0.4 is 0 Å². The Bertz CT molecular complexity index is 360. The summed E-state index contributed by atoms with van der Waals surface area (Å²) in [7, 11) is 1.66. The molecule has 1 aromatic rings. The molecular formula is C13H20I2O4S. The van der Waals surface area contributed by atoms with Crippen molar-refractivity contribution in [3.05, 3.63) is 17.4 Å². The lowest BCUT2D eigenvalue weighted by atomic mass is 10.3. The number of hydrogen-bond acceptors (Lipinski definition) is 5. The van der Waals surface area contributed by atoms with Crippen molar-refractivity contribution in [3.8, 4) is 0 Å². The summed E-state index contributed by atoms with van der Waals surface area (Å²) in [6.07, 6.45) is 0.970. The van der Waals surface area contributed by atoms with E-state index in [1.54, 1.807) is 7.11 Å². The Balaban J connectivity index is 1.86. The molecule has 116 valence electrons. The summed E-state index contributed by atoms with van der Waals surface area (Å²) >= 11 is 6.56. The van der Waals surface area contributed by atoms with Crippen LogP contribution in [0.1, 0.15) is 5.56 Å². The lowest BCUT2D eigenvalue weighted by Crippen LogP contribution is -2.12. The third-order valence-corrected chi connectivity index (χ3v) is 5.50. The highest BCUT2D eigenvalue weighted by atomic mass is 127. The van der Waals surface area contributed by atoms with Crippen LogP contribution in [0.5, 0.6) is 0 Å². The Morgan fingerprint density at radius 1 is 0.900 bits per heavy atom. The standard InChI is InChI=1S/C13H20I2O4S/c1-16-4-5-18-8-9-19-7-6-17-3-2-11-10-12(14)20-13(11)15/h10H,2-9H2,1H3. The third kappa shape index (κ3) is 9.11. The fraction of sp³-hybridized carbons (Fsp3) is 0.692. The number of hydrogen-bond donors (Lipinski definition) is 0.